The molecule has 30 heavy (non-hydrogen) atoms. The molecule has 1 saturated heterocycles. The first kappa shape index (κ1) is 18.7. The lowest BCUT2D eigenvalue weighted by Crippen LogP contribution is -2.47. The quantitative estimate of drug-likeness (QED) is 0.669. The maximum absolute atomic E-state index is 14.3. The molecule has 3 heterocycles. The summed E-state index contributed by atoms with van der Waals surface area (Å²) in [6.45, 7) is 3.21. The normalized spacial score (nSPS) is 19.0. The number of aromatic nitrogens is 3. The molecule has 0 spiro atoms. The molecule has 1 unspecified atom stereocenters. The summed E-state index contributed by atoms with van der Waals surface area (Å²) in [5, 5.41) is 0. The minimum Gasteiger partial charge on any atom is -0.353 e. The van der Waals surface area contributed by atoms with E-state index in [9.17, 15) is 9.18 Å². The van der Waals surface area contributed by atoms with Crippen LogP contribution in [0.1, 0.15) is 34.0 Å². The van der Waals surface area contributed by atoms with Crippen molar-refractivity contribution in [2.45, 2.75) is 18.8 Å². The number of fused-ring (bicyclic) bond motifs is 1. The Morgan fingerprint density at radius 1 is 0.900 bits per heavy atom. The van der Waals surface area contributed by atoms with Crippen molar-refractivity contribution >= 4 is 17.5 Å². The van der Waals surface area contributed by atoms with Gasteiger partial charge in [0.1, 0.15) is 11.6 Å². The van der Waals surface area contributed by atoms with Gasteiger partial charge in [-0.15, -0.1) is 0 Å². The summed E-state index contributed by atoms with van der Waals surface area (Å²) in [5.74, 6) is 1.14. The van der Waals surface area contributed by atoms with Gasteiger partial charge in [-0.2, -0.15) is 0 Å². The monoisotopic (exact) mass is 403 g/mol. The van der Waals surface area contributed by atoms with E-state index in [2.05, 4.69) is 19.8 Å². The highest BCUT2D eigenvalue weighted by molar-refractivity contribution is 5.98. The third-order valence-corrected chi connectivity index (χ3v) is 5.91. The van der Waals surface area contributed by atoms with Gasteiger partial charge in [-0.25, -0.2) is 19.3 Å². The van der Waals surface area contributed by atoms with Crippen molar-refractivity contribution in [1.82, 2.24) is 15.0 Å². The number of pyridine rings is 1. The van der Waals surface area contributed by atoms with Crippen LogP contribution in [0, 0.1) is 5.82 Å². The number of piperazine rings is 1. The van der Waals surface area contributed by atoms with Gasteiger partial charge in [0.25, 0.3) is 0 Å². The number of carbonyl (C=O) groups excluding carboxylic acids is 1. The SMILES string of the molecule is O=C1CC(c2ccccc2F)Cc2nc(N3CCN(c4ccccn4)CC3)ncc21. The maximum Gasteiger partial charge on any atom is 0.225 e. The summed E-state index contributed by atoms with van der Waals surface area (Å²) in [4.78, 5) is 30.6. The Balaban J connectivity index is 1.34. The fourth-order valence-electron chi connectivity index (χ4n) is 4.29. The summed E-state index contributed by atoms with van der Waals surface area (Å²) in [6, 6.07) is 12.6. The Morgan fingerprint density at radius 3 is 2.43 bits per heavy atom. The number of Topliss-reactive ketones (excluding diaryl/α,β-unsaturated/α-hetero) is 1. The smallest absolute Gasteiger partial charge is 0.225 e. The number of nitrogens with zero attached hydrogens (tertiary/aromatic N) is 5. The lowest BCUT2D eigenvalue weighted by Gasteiger charge is -2.35. The lowest BCUT2D eigenvalue weighted by atomic mass is 9.82. The van der Waals surface area contributed by atoms with Gasteiger partial charge >= 0.3 is 0 Å². The molecule has 2 aliphatic rings. The highest BCUT2D eigenvalue weighted by atomic mass is 19.1. The average Bonchev–Trinajstić information content (AvgIpc) is 2.80. The Labute approximate surface area is 174 Å². The number of rotatable bonds is 3. The second-order valence-corrected chi connectivity index (χ2v) is 7.74. The zero-order valence-corrected chi connectivity index (χ0v) is 16.5. The number of carbonyl (C=O) groups is 1. The van der Waals surface area contributed by atoms with Crippen molar-refractivity contribution in [3.8, 4) is 0 Å². The minimum absolute atomic E-state index is 0.0176. The van der Waals surface area contributed by atoms with Crippen molar-refractivity contribution < 1.29 is 9.18 Å². The molecule has 0 amide bonds. The van der Waals surface area contributed by atoms with E-state index in [0.29, 0.717) is 29.9 Å². The second-order valence-electron chi connectivity index (χ2n) is 7.74. The fraction of sp³-hybridized carbons (Fsp3) is 0.304. The predicted octanol–water partition coefficient (Wildman–Crippen LogP) is 3.25. The summed E-state index contributed by atoms with van der Waals surface area (Å²) in [7, 11) is 0. The number of halogens is 1. The molecular weight excluding hydrogens is 381 g/mol. The van der Waals surface area contributed by atoms with Crippen LogP contribution < -0.4 is 9.80 Å². The second kappa shape index (κ2) is 7.82. The van der Waals surface area contributed by atoms with E-state index in [1.165, 1.54) is 6.07 Å². The molecule has 1 aliphatic heterocycles. The summed E-state index contributed by atoms with van der Waals surface area (Å²) < 4.78 is 14.3. The highest BCUT2D eigenvalue weighted by Crippen LogP contribution is 2.33. The van der Waals surface area contributed by atoms with Gasteiger partial charge in [-0.3, -0.25) is 4.79 Å². The predicted molar refractivity (Wildman–Crippen MR) is 112 cm³/mol. The standard InChI is InChI=1S/C23H22FN5O/c24-19-6-2-1-5-17(19)16-13-20-18(21(30)14-16)15-26-23(27-20)29-11-9-28(10-12-29)22-7-3-4-8-25-22/h1-8,15-16H,9-14H2. The van der Waals surface area contributed by atoms with Gasteiger partial charge in [0, 0.05) is 45.0 Å². The molecule has 7 heteroatoms. The topological polar surface area (TPSA) is 62.2 Å². The molecule has 1 aromatic carbocycles. The van der Waals surface area contributed by atoms with E-state index < -0.39 is 0 Å². The van der Waals surface area contributed by atoms with E-state index in [1.807, 2.05) is 24.3 Å². The Bertz CT molecular complexity index is 1070. The Hall–Kier alpha value is -3.35. The first-order valence-corrected chi connectivity index (χ1v) is 10.2. The first-order chi connectivity index (χ1) is 14.7. The zero-order valence-electron chi connectivity index (χ0n) is 16.5. The summed E-state index contributed by atoms with van der Waals surface area (Å²) in [5.41, 5.74) is 1.87. The minimum atomic E-state index is -0.265. The number of hydrogen-bond acceptors (Lipinski definition) is 6. The molecule has 3 aromatic rings. The largest absolute Gasteiger partial charge is 0.353 e. The van der Waals surface area contributed by atoms with Gasteiger partial charge in [0.15, 0.2) is 5.78 Å². The van der Waals surface area contributed by atoms with Crippen LogP contribution >= 0.6 is 0 Å². The molecular formula is C23H22FN5O. The number of benzene rings is 1. The van der Waals surface area contributed by atoms with E-state index >= 15 is 0 Å². The van der Waals surface area contributed by atoms with Crippen LogP contribution in [0.25, 0.3) is 0 Å². The van der Waals surface area contributed by atoms with E-state index in [0.717, 1.165) is 37.7 Å². The Kier molecular flexibility index (Phi) is 4.86. The summed E-state index contributed by atoms with van der Waals surface area (Å²) in [6.07, 6.45) is 4.28. The van der Waals surface area contributed by atoms with Gasteiger partial charge in [-0.1, -0.05) is 24.3 Å². The third kappa shape index (κ3) is 3.51. The van der Waals surface area contributed by atoms with Gasteiger partial charge in [0.05, 0.1) is 11.3 Å². The van der Waals surface area contributed by atoms with Crippen LogP contribution in [-0.4, -0.2) is 46.9 Å². The molecule has 0 saturated carbocycles. The zero-order chi connectivity index (χ0) is 20.5. The Morgan fingerprint density at radius 2 is 1.67 bits per heavy atom. The van der Waals surface area contributed by atoms with Crippen molar-refractivity contribution in [1.29, 1.82) is 0 Å². The lowest BCUT2D eigenvalue weighted by molar-refractivity contribution is 0.0962. The van der Waals surface area contributed by atoms with Crippen molar-refractivity contribution in [3.63, 3.8) is 0 Å². The number of ketones is 1. The molecule has 0 N–H and O–H groups in total. The van der Waals surface area contributed by atoms with Crippen LogP contribution in [0.5, 0.6) is 0 Å². The molecule has 6 nitrogen and oxygen atoms in total. The average molecular weight is 403 g/mol. The molecule has 1 fully saturated rings. The molecule has 1 atom stereocenters. The number of hydrogen-bond donors (Lipinski definition) is 0. The van der Waals surface area contributed by atoms with Crippen molar-refractivity contribution in [3.05, 3.63) is 77.5 Å². The van der Waals surface area contributed by atoms with Crippen LogP contribution in [0.2, 0.25) is 0 Å². The van der Waals surface area contributed by atoms with Crippen molar-refractivity contribution in [2.75, 3.05) is 36.0 Å². The van der Waals surface area contributed by atoms with Crippen LogP contribution in [-0.2, 0) is 6.42 Å². The van der Waals surface area contributed by atoms with E-state index in [4.69, 9.17) is 4.98 Å². The van der Waals surface area contributed by atoms with Gasteiger partial charge in [0.2, 0.25) is 5.95 Å². The van der Waals surface area contributed by atoms with Crippen molar-refractivity contribution in [2.24, 2.45) is 0 Å². The maximum atomic E-state index is 14.3. The molecule has 2 aromatic heterocycles. The van der Waals surface area contributed by atoms with Crippen LogP contribution in [0.4, 0.5) is 16.2 Å². The molecule has 0 radical (unpaired) electrons. The fourth-order valence-corrected chi connectivity index (χ4v) is 4.29. The molecule has 5 rings (SSSR count). The molecule has 152 valence electrons. The highest BCUT2D eigenvalue weighted by Gasteiger charge is 2.30. The van der Waals surface area contributed by atoms with Crippen LogP contribution in [0.3, 0.4) is 0 Å². The van der Waals surface area contributed by atoms with Gasteiger partial charge in [-0.05, 0) is 36.1 Å². The molecule has 1 aliphatic carbocycles. The van der Waals surface area contributed by atoms with E-state index in [1.54, 1.807) is 24.5 Å². The third-order valence-electron chi connectivity index (χ3n) is 5.91. The van der Waals surface area contributed by atoms with Gasteiger partial charge < -0.3 is 9.80 Å². The van der Waals surface area contributed by atoms with E-state index in [-0.39, 0.29) is 17.5 Å². The number of anilines is 2. The molecule has 0 bridgehead atoms. The van der Waals surface area contributed by atoms with Crippen LogP contribution in [0.15, 0.2) is 54.9 Å². The summed E-state index contributed by atoms with van der Waals surface area (Å²) >= 11 is 0. The first-order valence-electron chi connectivity index (χ1n) is 10.2.